The summed E-state index contributed by atoms with van der Waals surface area (Å²) >= 11 is 1.89. The van der Waals surface area contributed by atoms with Crippen molar-refractivity contribution in [2.45, 2.75) is 5.41 Å². The fourth-order valence-corrected chi connectivity index (χ4v) is 13.6. The van der Waals surface area contributed by atoms with E-state index < -0.39 is 5.41 Å². The van der Waals surface area contributed by atoms with Crippen molar-refractivity contribution in [3.8, 4) is 44.9 Å². The number of para-hydroxylation sites is 3. The fourth-order valence-electron chi connectivity index (χ4n) is 12.4. The van der Waals surface area contributed by atoms with Crippen molar-refractivity contribution >= 4 is 76.4 Å². The van der Waals surface area contributed by atoms with Gasteiger partial charge in [0.1, 0.15) is 11.5 Å². The van der Waals surface area contributed by atoms with Gasteiger partial charge in [0, 0.05) is 65.4 Å². The molecule has 0 N–H and O–H groups in total. The predicted octanol–water partition coefficient (Wildman–Crippen LogP) is 20.0. The first kappa shape index (κ1) is 43.1. The Morgan fingerprint density at radius 2 is 0.827 bits per heavy atom. The highest BCUT2D eigenvalue weighted by Gasteiger charge is 2.52. The molecule has 1 aromatic heterocycles. The van der Waals surface area contributed by atoms with E-state index in [0.717, 1.165) is 67.9 Å². The van der Waals surface area contributed by atoms with Gasteiger partial charge in [-0.1, -0.05) is 188 Å². The highest BCUT2D eigenvalue weighted by atomic mass is 32.1. The largest absolute Gasteiger partial charge is 0.457 e. The third-order valence-corrected chi connectivity index (χ3v) is 16.7. The van der Waals surface area contributed by atoms with E-state index in [0.29, 0.717) is 0 Å². The highest BCUT2D eigenvalue weighted by Crippen LogP contribution is 2.64. The van der Waals surface area contributed by atoms with Gasteiger partial charge in [-0.25, -0.2) is 0 Å². The normalized spacial score (nSPS) is 12.7. The van der Waals surface area contributed by atoms with Crippen LogP contribution in [0.4, 0.5) is 34.1 Å². The van der Waals surface area contributed by atoms with Gasteiger partial charge in [0.25, 0.3) is 0 Å². The van der Waals surface area contributed by atoms with Gasteiger partial charge in [-0.05, 0) is 146 Å². The van der Waals surface area contributed by atoms with E-state index in [1.165, 1.54) is 64.3 Å². The average molecular weight is 975 g/mol. The molecule has 0 saturated heterocycles. The average Bonchev–Trinajstić information content (AvgIpc) is 4.09. The van der Waals surface area contributed by atoms with Crippen LogP contribution in [0, 0.1) is 0 Å². The first-order valence-corrected chi connectivity index (χ1v) is 26.5. The van der Waals surface area contributed by atoms with E-state index >= 15 is 0 Å². The summed E-state index contributed by atoms with van der Waals surface area (Å²) < 4.78 is 9.55. The number of hydrogen-bond acceptors (Lipinski definition) is 4. The highest BCUT2D eigenvalue weighted by molar-refractivity contribution is 7.26. The monoisotopic (exact) mass is 974 g/mol. The molecule has 0 fully saturated rings. The van der Waals surface area contributed by atoms with Crippen molar-refractivity contribution in [1.82, 2.24) is 0 Å². The SMILES string of the molecule is c1ccc(N(c2ccccc2)c2cccc(N(c3ccc(-c4cccc5c4C4(c6ccccc6O5)c5ccccc5-c5ccccc54)cc3)c3cccc(-c4cc5ccccc5c5sc6ccccc6c45)c3)c2)cc1. The van der Waals surface area contributed by atoms with Gasteiger partial charge in [0.2, 0.25) is 0 Å². The van der Waals surface area contributed by atoms with Crippen molar-refractivity contribution in [2.24, 2.45) is 0 Å². The molecule has 13 aromatic rings. The third kappa shape index (κ3) is 6.73. The van der Waals surface area contributed by atoms with Gasteiger partial charge in [-0.15, -0.1) is 11.3 Å². The van der Waals surface area contributed by atoms with Gasteiger partial charge in [-0.3, -0.25) is 0 Å². The van der Waals surface area contributed by atoms with Crippen LogP contribution >= 0.6 is 11.3 Å². The number of anilines is 6. The molecule has 75 heavy (non-hydrogen) atoms. The van der Waals surface area contributed by atoms with Gasteiger partial charge < -0.3 is 14.5 Å². The van der Waals surface area contributed by atoms with Crippen LogP contribution in [0.2, 0.25) is 0 Å². The molecule has 0 unspecified atom stereocenters. The van der Waals surface area contributed by atoms with Crippen LogP contribution in [0.25, 0.3) is 64.3 Å². The number of thiophene rings is 1. The van der Waals surface area contributed by atoms with E-state index in [-0.39, 0.29) is 0 Å². The van der Waals surface area contributed by atoms with Crippen molar-refractivity contribution in [3.05, 3.63) is 301 Å². The number of rotatable bonds is 8. The molecule has 0 saturated carbocycles. The smallest absolute Gasteiger partial charge is 0.132 e. The second-order valence-corrected chi connectivity index (χ2v) is 20.6. The quantitative estimate of drug-likeness (QED) is 0.151. The lowest BCUT2D eigenvalue weighted by Crippen LogP contribution is -2.32. The van der Waals surface area contributed by atoms with Gasteiger partial charge in [0.15, 0.2) is 0 Å². The molecule has 1 spiro atoms. The van der Waals surface area contributed by atoms with Gasteiger partial charge in [0.05, 0.1) is 5.41 Å². The van der Waals surface area contributed by atoms with E-state index in [4.69, 9.17) is 4.74 Å². The molecule has 4 heteroatoms. The molecular weight excluding hydrogens is 929 g/mol. The molecule has 2 heterocycles. The number of ether oxygens (including phenoxy) is 1. The molecule has 0 atom stereocenters. The Hall–Kier alpha value is -9.48. The molecule has 3 nitrogen and oxygen atoms in total. The second kappa shape index (κ2) is 17.3. The Labute approximate surface area is 440 Å². The molecule has 1 aliphatic heterocycles. The molecule has 0 bridgehead atoms. The van der Waals surface area contributed by atoms with Crippen LogP contribution in [0.1, 0.15) is 22.3 Å². The third-order valence-electron chi connectivity index (χ3n) is 15.5. The minimum absolute atomic E-state index is 0.592. The van der Waals surface area contributed by atoms with Crippen molar-refractivity contribution in [2.75, 3.05) is 9.80 Å². The Morgan fingerprint density at radius 1 is 0.320 bits per heavy atom. The molecule has 0 amide bonds. The summed E-state index contributed by atoms with van der Waals surface area (Å²) in [5.41, 5.74) is 17.8. The minimum Gasteiger partial charge on any atom is -0.457 e. The molecule has 0 radical (unpaired) electrons. The number of hydrogen-bond donors (Lipinski definition) is 0. The summed E-state index contributed by atoms with van der Waals surface area (Å²) in [6, 6.07) is 102. The predicted molar refractivity (Wildman–Crippen MR) is 314 cm³/mol. The lowest BCUT2D eigenvalue weighted by atomic mass is 9.64. The van der Waals surface area contributed by atoms with E-state index in [1.807, 2.05) is 11.3 Å². The summed E-state index contributed by atoms with van der Waals surface area (Å²) in [6.45, 7) is 0. The topological polar surface area (TPSA) is 15.7 Å². The first-order chi connectivity index (χ1) is 37.2. The summed E-state index contributed by atoms with van der Waals surface area (Å²) in [7, 11) is 0. The maximum Gasteiger partial charge on any atom is 0.132 e. The van der Waals surface area contributed by atoms with Crippen LogP contribution in [0.5, 0.6) is 11.5 Å². The number of benzene rings is 12. The summed E-state index contributed by atoms with van der Waals surface area (Å²) in [6.07, 6.45) is 0. The lowest BCUT2D eigenvalue weighted by molar-refractivity contribution is 0.437. The van der Waals surface area contributed by atoms with Crippen LogP contribution in [-0.2, 0) is 5.41 Å². The zero-order valence-corrected chi connectivity index (χ0v) is 41.6. The standard InChI is InChI=1S/C71H46N2OS/c1-3-22-50(23-4-1)72(51-24-5-2-6-25-51)54-27-18-28-55(46-54)73(53-26-17-21-48(44-53)61-45-49-20-7-8-29-57(49)70-68(61)60-32-11-16-39-67(60)75-70)52-42-40-47(41-43-52)56-33-19-38-66-69(56)71(64-36-14-15-37-65(64)74-66)62-34-12-9-30-58(62)59-31-10-13-35-63(59)71/h1-46H. The van der Waals surface area contributed by atoms with E-state index in [9.17, 15) is 0 Å². The zero-order valence-electron chi connectivity index (χ0n) is 40.8. The second-order valence-electron chi connectivity index (χ2n) is 19.5. The van der Waals surface area contributed by atoms with E-state index in [2.05, 4.69) is 289 Å². The summed E-state index contributed by atoms with van der Waals surface area (Å²) in [4.78, 5) is 4.75. The molecule has 2 aliphatic rings. The Morgan fingerprint density at radius 3 is 1.55 bits per heavy atom. The number of nitrogens with zero attached hydrogens (tertiary/aromatic N) is 2. The Kier molecular flexibility index (Phi) is 9.97. The minimum atomic E-state index is -0.592. The summed E-state index contributed by atoms with van der Waals surface area (Å²) in [5, 5.41) is 5.11. The first-order valence-electron chi connectivity index (χ1n) is 25.7. The van der Waals surface area contributed by atoms with Crippen LogP contribution in [0.15, 0.2) is 279 Å². The lowest BCUT2D eigenvalue weighted by Gasteiger charge is -2.40. The van der Waals surface area contributed by atoms with Crippen molar-refractivity contribution in [3.63, 3.8) is 0 Å². The maximum atomic E-state index is 6.93. The van der Waals surface area contributed by atoms with E-state index in [1.54, 1.807) is 0 Å². The molecule has 352 valence electrons. The van der Waals surface area contributed by atoms with Gasteiger partial charge in [-0.2, -0.15) is 0 Å². The number of fused-ring (bicyclic) bond motifs is 14. The van der Waals surface area contributed by atoms with Crippen molar-refractivity contribution < 1.29 is 4.74 Å². The maximum absolute atomic E-state index is 6.93. The molecule has 1 aliphatic carbocycles. The summed E-state index contributed by atoms with van der Waals surface area (Å²) in [5.74, 6) is 1.76. The molecular formula is C71H46N2OS. The van der Waals surface area contributed by atoms with Crippen LogP contribution < -0.4 is 14.5 Å². The zero-order chi connectivity index (χ0) is 49.5. The molecule has 12 aromatic carbocycles. The Bertz CT molecular complexity index is 4270. The van der Waals surface area contributed by atoms with Crippen LogP contribution in [0.3, 0.4) is 0 Å². The van der Waals surface area contributed by atoms with Crippen molar-refractivity contribution in [1.29, 1.82) is 0 Å². The molecule has 15 rings (SSSR count). The fraction of sp³-hybridized carbons (Fsp3) is 0.0141. The van der Waals surface area contributed by atoms with Gasteiger partial charge >= 0.3 is 0 Å². The Balaban J connectivity index is 0.923. The van der Waals surface area contributed by atoms with Crippen LogP contribution in [-0.4, -0.2) is 0 Å².